The number of methoxy groups -OCH3 is 1. The molecule has 2 rings (SSSR count). The molecule has 1 aromatic carbocycles. The molecule has 3 nitrogen and oxygen atoms in total. The van der Waals surface area contributed by atoms with E-state index >= 15 is 0 Å². The predicted octanol–water partition coefficient (Wildman–Crippen LogP) is 3.65. The first-order chi connectivity index (χ1) is 8.31. The van der Waals surface area contributed by atoms with Gasteiger partial charge in [-0.1, -0.05) is 12.1 Å². The van der Waals surface area contributed by atoms with Crippen molar-refractivity contribution in [3.05, 3.63) is 46.7 Å². The summed E-state index contributed by atoms with van der Waals surface area (Å²) in [6, 6.07) is 9.34. The highest BCUT2D eigenvalue weighted by atomic mass is 32.2. The molecule has 0 radical (unpaired) electrons. The lowest BCUT2D eigenvalue weighted by Crippen LogP contribution is -2.03. The van der Waals surface area contributed by atoms with Crippen LogP contribution in [0.15, 0.2) is 46.0 Å². The molecule has 0 saturated carbocycles. The largest absolute Gasteiger partial charge is 0.465 e. The fraction of sp³-hybridized carbons (Fsp3) is 0.0833. The number of ether oxygens (including phenoxy) is 1. The topological polar surface area (TPSA) is 38.3 Å². The second kappa shape index (κ2) is 5.75. The van der Waals surface area contributed by atoms with E-state index < -0.39 is 0 Å². The molecule has 5 heteroatoms. The van der Waals surface area contributed by atoms with E-state index in [0.29, 0.717) is 5.56 Å². The van der Waals surface area contributed by atoms with E-state index in [-0.39, 0.29) is 5.97 Å². The number of nitrogens with one attached hydrogen (secondary N) is 1. The molecule has 0 atom stereocenters. The number of anilines is 1. The first kappa shape index (κ1) is 12.0. The van der Waals surface area contributed by atoms with Gasteiger partial charge in [0, 0.05) is 10.3 Å². The Balaban J connectivity index is 2.12. The van der Waals surface area contributed by atoms with Crippen LogP contribution in [-0.2, 0) is 4.74 Å². The van der Waals surface area contributed by atoms with Gasteiger partial charge in [0.05, 0.1) is 18.4 Å². The van der Waals surface area contributed by atoms with Crippen molar-refractivity contribution in [1.82, 2.24) is 0 Å². The summed E-state index contributed by atoms with van der Waals surface area (Å²) in [6.45, 7) is 0. The molecular weight excluding hydrogens is 254 g/mol. The minimum atomic E-state index is -0.319. The lowest BCUT2D eigenvalue weighted by molar-refractivity contribution is 0.0597. The summed E-state index contributed by atoms with van der Waals surface area (Å²) in [5, 5.41) is 4.00. The minimum absolute atomic E-state index is 0.319. The maximum Gasteiger partial charge on any atom is 0.339 e. The third kappa shape index (κ3) is 3.01. The number of benzene rings is 1. The van der Waals surface area contributed by atoms with Gasteiger partial charge < -0.3 is 9.46 Å². The first-order valence-corrected chi connectivity index (χ1v) is 6.69. The van der Waals surface area contributed by atoms with E-state index in [1.807, 2.05) is 35.0 Å². The molecule has 1 aromatic heterocycles. The molecule has 0 amide bonds. The zero-order valence-corrected chi connectivity index (χ0v) is 10.8. The molecule has 0 bridgehead atoms. The average molecular weight is 265 g/mol. The number of carbonyl (C=O) groups excluding carboxylic acids is 1. The Morgan fingerprint density at radius 1 is 1.35 bits per heavy atom. The lowest BCUT2D eigenvalue weighted by atomic mass is 10.2. The molecule has 0 aliphatic carbocycles. The van der Waals surface area contributed by atoms with E-state index in [4.69, 9.17) is 4.74 Å². The van der Waals surface area contributed by atoms with Crippen LogP contribution in [0.25, 0.3) is 0 Å². The van der Waals surface area contributed by atoms with Gasteiger partial charge in [-0.05, 0) is 35.5 Å². The monoisotopic (exact) mass is 265 g/mol. The normalized spacial score (nSPS) is 9.94. The number of thiophene rings is 1. The molecule has 0 spiro atoms. The molecule has 2 aromatic rings. The average Bonchev–Trinajstić information content (AvgIpc) is 2.89. The Kier molecular flexibility index (Phi) is 4.06. The number of hydrogen-bond acceptors (Lipinski definition) is 5. The fourth-order valence-electron chi connectivity index (χ4n) is 1.27. The van der Waals surface area contributed by atoms with Crippen molar-refractivity contribution in [2.45, 2.75) is 4.90 Å². The Morgan fingerprint density at radius 2 is 2.18 bits per heavy atom. The van der Waals surface area contributed by atoms with Crippen LogP contribution in [-0.4, -0.2) is 13.1 Å². The standard InChI is InChI=1S/C12H11NO2S2/c1-15-12(14)10-4-2-3-5-11(10)17-13-9-6-7-16-8-9/h2-8,13H,1H3. The van der Waals surface area contributed by atoms with Gasteiger partial charge in [0.25, 0.3) is 0 Å². The Bertz CT molecular complexity index is 497. The van der Waals surface area contributed by atoms with Crippen LogP contribution >= 0.6 is 23.3 Å². The summed E-state index contributed by atoms with van der Waals surface area (Å²) in [7, 11) is 1.39. The van der Waals surface area contributed by atoms with Gasteiger partial charge >= 0.3 is 5.97 Å². The highest BCUT2D eigenvalue weighted by Crippen LogP contribution is 2.25. The van der Waals surface area contributed by atoms with E-state index in [0.717, 1.165) is 10.6 Å². The van der Waals surface area contributed by atoms with Crippen LogP contribution in [0.5, 0.6) is 0 Å². The summed E-state index contributed by atoms with van der Waals surface area (Å²) in [5.74, 6) is -0.319. The lowest BCUT2D eigenvalue weighted by Gasteiger charge is -2.07. The number of hydrogen-bond donors (Lipinski definition) is 1. The van der Waals surface area contributed by atoms with Crippen molar-refractivity contribution < 1.29 is 9.53 Å². The molecule has 0 aliphatic heterocycles. The highest BCUT2D eigenvalue weighted by molar-refractivity contribution is 8.00. The van der Waals surface area contributed by atoms with Gasteiger partial charge in [-0.25, -0.2) is 4.79 Å². The van der Waals surface area contributed by atoms with Crippen LogP contribution in [0.1, 0.15) is 10.4 Å². The summed E-state index contributed by atoms with van der Waals surface area (Å²) in [5.41, 5.74) is 1.60. The maximum absolute atomic E-state index is 11.5. The van der Waals surface area contributed by atoms with Crippen molar-refractivity contribution >= 4 is 34.9 Å². The fourth-order valence-corrected chi connectivity index (χ4v) is 2.70. The van der Waals surface area contributed by atoms with Crippen molar-refractivity contribution in [2.24, 2.45) is 0 Å². The Morgan fingerprint density at radius 3 is 2.88 bits per heavy atom. The molecule has 1 N–H and O–H groups in total. The number of carbonyl (C=O) groups is 1. The Labute approximate surface area is 108 Å². The quantitative estimate of drug-likeness (QED) is 0.676. The third-order valence-electron chi connectivity index (χ3n) is 2.09. The van der Waals surface area contributed by atoms with Crippen LogP contribution in [0.2, 0.25) is 0 Å². The smallest absolute Gasteiger partial charge is 0.339 e. The summed E-state index contributed by atoms with van der Waals surface area (Å²) in [6.07, 6.45) is 0. The Hall–Kier alpha value is -1.46. The minimum Gasteiger partial charge on any atom is -0.465 e. The second-order valence-electron chi connectivity index (χ2n) is 3.20. The van der Waals surface area contributed by atoms with Crippen molar-refractivity contribution in [3.8, 4) is 0 Å². The van der Waals surface area contributed by atoms with Crippen molar-refractivity contribution in [1.29, 1.82) is 0 Å². The first-order valence-electron chi connectivity index (χ1n) is 4.93. The van der Waals surface area contributed by atoms with Gasteiger partial charge in [-0.15, -0.1) is 0 Å². The number of esters is 1. The maximum atomic E-state index is 11.5. The number of rotatable bonds is 4. The SMILES string of the molecule is COC(=O)c1ccccc1SNc1ccsc1. The molecule has 17 heavy (non-hydrogen) atoms. The molecule has 0 fully saturated rings. The van der Waals surface area contributed by atoms with Gasteiger partial charge in [-0.2, -0.15) is 11.3 Å². The van der Waals surface area contributed by atoms with E-state index in [1.54, 1.807) is 17.4 Å². The van der Waals surface area contributed by atoms with E-state index in [1.165, 1.54) is 19.1 Å². The summed E-state index contributed by atoms with van der Waals surface area (Å²) < 4.78 is 7.92. The molecular formula is C12H11NO2S2. The van der Waals surface area contributed by atoms with Crippen LogP contribution < -0.4 is 4.72 Å². The highest BCUT2D eigenvalue weighted by Gasteiger charge is 2.11. The summed E-state index contributed by atoms with van der Waals surface area (Å²) in [4.78, 5) is 12.4. The van der Waals surface area contributed by atoms with Gasteiger partial charge in [-0.3, -0.25) is 0 Å². The molecule has 0 unspecified atom stereocenters. The molecule has 0 saturated heterocycles. The predicted molar refractivity (Wildman–Crippen MR) is 71.6 cm³/mol. The zero-order valence-electron chi connectivity index (χ0n) is 9.17. The van der Waals surface area contributed by atoms with Crippen LogP contribution in [0, 0.1) is 0 Å². The van der Waals surface area contributed by atoms with E-state index in [2.05, 4.69) is 4.72 Å². The van der Waals surface area contributed by atoms with Crippen molar-refractivity contribution in [3.63, 3.8) is 0 Å². The summed E-state index contributed by atoms with van der Waals surface area (Å²) >= 11 is 3.03. The van der Waals surface area contributed by atoms with E-state index in [9.17, 15) is 4.79 Å². The van der Waals surface area contributed by atoms with Crippen LogP contribution in [0.4, 0.5) is 5.69 Å². The molecule has 88 valence electrons. The molecule has 1 heterocycles. The second-order valence-corrected chi connectivity index (χ2v) is 4.83. The zero-order chi connectivity index (χ0) is 12.1. The van der Waals surface area contributed by atoms with Crippen molar-refractivity contribution in [2.75, 3.05) is 11.8 Å². The van der Waals surface area contributed by atoms with Gasteiger partial charge in [0.15, 0.2) is 0 Å². The molecule has 0 aliphatic rings. The van der Waals surface area contributed by atoms with Gasteiger partial charge in [0.1, 0.15) is 0 Å². The van der Waals surface area contributed by atoms with Crippen LogP contribution in [0.3, 0.4) is 0 Å². The van der Waals surface area contributed by atoms with Gasteiger partial charge in [0.2, 0.25) is 0 Å². The third-order valence-corrected chi connectivity index (χ3v) is 3.69.